The standard InChI is InChI=1S/C15H29N/c1-4-16-15-7-5-6-14(15)13-9-8-11(2)12(3)10-13/h11-16H,4-10H2,1-3H3. The van der Waals surface area contributed by atoms with E-state index in [0.29, 0.717) is 0 Å². The topological polar surface area (TPSA) is 12.0 Å². The second-order valence-electron chi connectivity index (χ2n) is 6.29. The predicted octanol–water partition coefficient (Wildman–Crippen LogP) is 3.84. The van der Waals surface area contributed by atoms with Gasteiger partial charge in [-0.05, 0) is 55.9 Å². The summed E-state index contributed by atoms with van der Waals surface area (Å²) in [4.78, 5) is 0. The van der Waals surface area contributed by atoms with Crippen LogP contribution in [0.1, 0.15) is 59.3 Å². The first kappa shape index (κ1) is 12.4. The van der Waals surface area contributed by atoms with E-state index >= 15 is 0 Å². The largest absolute Gasteiger partial charge is 0.314 e. The minimum atomic E-state index is 0.843. The maximum atomic E-state index is 3.72. The summed E-state index contributed by atoms with van der Waals surface area (Å²) in [5.41, 5.74) is 0. The van der Waals surface area contributed by atoms with E-state index < -0.39 is 0 Å². The lowest BCUT2D eigenvalue weighted by Crippen LogP contribution is -2.38. The van der Waals surface area contributed by atoms with Gasteiger partial charge in [-0.2, -0.15) is 0 Å². The first-order valence-electron chi connectivity index (χ1n) is 7.45. The van der Waals surface area contributed by atoms with Gasteiger partial charge in [0, 0.05) is 6.04 Å². The van der Waals surface area contributed by atoms with Crippen LogP contribution >= 0.6 is 0 Å². The summed E-state index contributed by atoms with van der Waals surface area (Å²) < 4.78 is 0. The van der Waals surface area contributed by atoms with Gasteiger partial charge in [0.2, 0.25) is 0 Å². The molecule has 0 amide bonds. The molecule has 0 spiro atoms. The molecule has 16 heavy (non-hydrogen) atoms. The van der Waals surface area contributed by atoms with Crippen LogP contribution < -0.4 is 5.32 Å². The monoisotopic (exact) mass is 223 g/mol. The molecule has 0 aliphatic heterocycles. The molecule has 0 aromatic heterocycles. The molecule has 94 valence electrons. The highest BCUT2D eigenvalue weighted by Gasteiger charge is 2.36. The van der Waals surface area contributed by atoms with E-state index in [1.165, 1.54) is 38.5 Å². The highest BCUT2D eigenvalue weighted by Crippen LogP contribution is 2.43. The van der Waals surface area contributed by atoms with Crippen molar-refractivity contribution in [2.45, 2.75) is 65.3 Å². The summed E-state index contributed by atoms with van der Waals surface area (Å²) >= 11 is 0. The molecule has 1 nitrogen and oxygen atoms in total. The third kappa shape index (κ3) is 2.61. The van der Waals surface area contributed by atoms with Gasteiger partial charge in [0.25, 0.3) is 0 Å². The molecule has 0 aromatic carbocycles. The molecule has 0 bridgehead atoms. The zero-order valence-corrected chi connectivity index (χ0v) is 11.3. The Bertz CT molecular complexity index is 213. The number of nitrogens with one attached hydrogen (secondary N) is 1. The zero-order valence-electron chi connectivity index (χ0n) is 11.3. The number of rotatable bonds is 3. The first-order chi connectivity index (χ1) is 7.72. The SMILES string of the molecule is CCNC1CCCC1C1CCC(C)C(C)C1. The molecule has 1 N–H and O–H groups in total. The van der Waals surface area contributed by atoms with Crippen molar-refractivity contribution in [2.24, 2.45) is 23.7 Å². The van der Waals surface area contributed by atoms with Gasteiger partial charge in [-0.1, -0.05) is 33.6 Å². The van der Waals surface area contributed by atoms with Crippen molar-refractivity contribution < 1.29 is 0 Å². The fraction of sp³-hybridized carbons (Fsp3) is 1.00. The van der Waals surface area contributed by atoms with Crippen LogP contribution in [0.2, 0.25) is 0 Å². The first-order valence-corrected chi connectivity index (χ1v) is 7.45. The van der Waals surface area contributed by atoms with Crippen LogP contribution in [0.25, 0.3) is 0 Å². The van der Waals surface area contributed by atoms with Gasteiger partial charge in [-0.15, -0.1) is 0 Å². The minimum Gasteiger partial charge on any atom is -0.314 e. The smallest absolute Gasteiger partial charge is 0.00978 e. The van der Waals surface area contributed by atoms with E-state index in [1.807, 2.05) is 0 Å². The normalized spacial score (nSPS) is 44.8. The van der Waals surface area contributed by atoms with Crippen LogP contribution in [-0.4, -0.2) is 12.6 Å². The van der Waals surface area contributed by atoms with Crippen molar-refractivity contribution in [3.63, 3.8) is 0 Å². The fourth-order valence-corrected chi connectivity index (χ4v) is 4.05. The van der Waals surface area contributed by atoms with Gasteiger partial charge >= 0.3 is 0 Å². The second-order valence-corrected chi connectivity index (χ2v) is 6.29. The average Bonchev–Trinajstić information content (AvgIpc) is 2.71. The highest BCUT2D eigenvalue weighted by molar-refractivity contribution is 4.90. The Labute approximate surface area is 101 Å². The summed E-state index contributed by atoms with van der Waals surface area (Å²) in [6.45, 7) is 8.31. The maximum absolute atomic E-state index is 3.72. The van der Waals surface area contributed by atoms with Crippen molar-refractivity contribution in [3.8, 4) is 0 Å². The Morgan fingerprint density at radius 2 is 1.81 bits per heavy atom. The predicted molar refractivity (Wildman–Crippen MR) is 70.5 cm³/mol. The molecule has 2 saturated carbocycles. The van der Waals surface area contributed by atoms with Crippen LogP contribution in [0.3, 0.4) is 0 Å². The number of hydrogen-bond acceptors (Lipinski definition) is 1. The van der Waals surface area contributed by atoms with E-state index in [2.05, 4.69) is 26.1 Å². The Morgan fingerprint density at radius 1 is 1.00 bits per heavy atom. The van der Waals surface area contributed by atoms with Crippen LogP contribution in [0, 0.1) is 23.7 Å². The summed E-state index contributed by atoms with van der Waals surface area (Å²) in [6, 6.07) is 0.843. The molecule has 0 radical (unpaired) electrons. The van der Waals surface area contributed by atoms with Crippen molar-refractivity contribution >= 4 is 0 Å². The average molecular weight is 223 g/mol. The lowest BCUT2D eigenvalue weighted by molar-refractivity contribution is 0.142. The third-order valence-corrected chi connectivity index (χ3v) is 5.28. The van der Waals surface area contributed by atoms with Crippen LogP contribution in [0.5, 0.6) is 0 Å². The van der Waals surface area contributed by atoms with Crippen molar-refractivity contribution in [1.82, 2.24) is 5.32 Å². The van der Waals surface area contributed by atoms with Crippen molar-refractivity contribution in [3.05, 3.63) is 0 Å². The Kier molecular flexibility index (Phi) is 4.29. The van der Waals surface area contributed by atoms with E-state index in [9.17, 15) is 0 Å². The van der Waals surface area contributed by atoms with Gasteiger partial charge in [0.15, 0.2) is 0 Å². The van der Waals surface area contributed by atoms with Gasteiger partial charge < -0.3 is 5.32 Å². The second kappa shape index (κ2) is 5.53. The lowest BCUT2D eigenvalue weighted by atomic mass is 9.70. The van der Waals surface area contributed by atoms with Crippen molar-refractivity contribution in [1.29, 1.82) is 0 Å². The third-order valence-electron chi connectivity index (χ3n) is 5.28. The molecule has 2 fully saturated rings. The van der Waals surface area contributed by atoms with E-state index in [4.69, 9.17) is 0 Å². The molecular weight excluding hydrogens is 194 g/mol. The molecule has 5 atom stereocenters. The quantitative estimate of drug-likeness (QED) is 0.766. The Morgan fingerprint density at radius 3 is 2.50 bits per heavy atom. The Balaban J connectivity index is 1.91. The Hall–Kier alpha value is -0.0400. The van der Waals surface area contributed by atoms with Gasteiger partial charge in [-0.25, -0.2) is 0 Å². The van der Waals surface area contributed by atoms with E-state index in [1.54, 1.807) is 0 Å². The molecule has 5 unspecified atom stereocenters. The summed E-state index contributed by atoms with van der Waals surface area (Å²) in [5.74, 6) is 3.95. The molecule has 2 aliphatic carbocycles. The molecule has 2 aliphatic rings. The summed E-state index contributed by atoms with van der Waals surface area (Å²) in [5, 5.41) is 3.72. The van der Waals surface area contributed by atoms with Crippen molar-refractivity contribution in [2.75, 3.05) is 6.54 Å². The van der Waals surface area contributed by atoms with Gasteiger partial charge in [0.05, 0.1) is 0 Å². The van der Waals surface area contributed by atoms with Gasteiger partial charge in [0.1, 0.15) is 0 Å². The van der Waals surface area contributed by atoms with Crippen LogP contribution in [0.4, 0.5) is 0 Å². The van der Waals surface area contributed by atoms with E-state index in [-0.39, 0.29) is 0 Å². The maximum Gasteiger partial charge on any atom is 0.00978 e. The minimum absolute atomic E-state index is 0.843. The molecule has 0 aromatic rings. The molecule has 0 saturated heterocycles. The molecular formula is C15H29N. The molecule has 1 heteroatoms. The lowest BCUT2D eigenvalue weighted by Gasteiger charge is -2.37. The molecule has 0 heterocycles. The van der Waals surface area contributed by atoms with E-state index in [0.717, 1.165) is 36.3 Å². The van der Waals surface area contributed by atoms with Gasteiger partial charge in [-0.3, -0.25) is 0 Å². The highest BCUT2D eigenvalue weighted by atomic mass is 14.9. The zero-order chi connectivity index (χ0) is 11.5. The van der Waals surface area contributed by atoms with Crippen LogP contribution in [0.15, 0.2) is 0 Å². The summed E-state index contributed by atoms with van der Waals surface area (Å²) in [7, 11) is 0. The number of hydrogen-bond donors (Lipinski definition) is 1. The molecule has 2 rings (SSSR count). The van der Waals surface area contributed by atoms with Crippen LogP contribution in [-0.2, 0) is 0 Å². The fourth-order valence-electron chi connectivity index (χ4n) is 4.05. The summed E-state index contributed by atoms with van der Waals surface area (Å²) in [6.07, 6.45) is 8.85.